The zero-order valence-corrected chi connectivity index (χ0v) is 26.6. The number of nitrogens with zero attached hydrogens (tertiary/aromatic N) is 3. The summed E-state index contributed by atoms with van der Waals surface area (Å²) >= 11 is 10.8. The van der Waals surface area contributed by atoms with Gasteiger partial charge in [0.25, 0.3) is 5.56 Å². The maximum Gasteiger partial charge on any atom is 0.282 e. The molecule has 0 saturated carbocycles. The van der Waals surface area contributed by atoms with E-state index in [9.17, 15) is 4.79 Å². The Balaban J connectivity index is 1.77. The van der Waals surface area contributed by atoms with Gasteiger partial charge >= 0.3 is 0 Å². The zero-order valence-electron chi connectivity index (χ0n) is 21.8. The van der Waals surface area contributed by atoms with Gasteiger partial charge in [0.05, 0.1) is 28.2 Å². The molecule has 0 fully saturated rings. The molecule has 9 heteroatoms. The van der Waals surface area contributed by atoms with Crippen LogP contribution < -0.4 is 15.0 Å². The SMILES string of the molecule is CCOc1cc(C=Nn2c(C(C)(C)C)nc3ccc(Br)cc3c2=O)c(Br)c(Br)c1OCc1ccc(C)cc1. The van der Waals surface area contributed by atoms with Crippen molar-refractivity contribution in [3.8, 4) is 11.5 Å². The van der Waals surface area contributed by atoms with Crippen molar-refractivity contribution in [2.24, 2.45) is 5.10 Å². The number of halogens is 3. The van der Waals surface area contributed by atoms with E-state index in [2.05, 4.69) is 71.9 Å². The third kappa shape index (κ3) is 6.21. The third-order valence-electron chi connectivity index (χ3n) is 5.75. The highest BCUT2D eigenvalue weighted by Crippen LogP contribution is 2.43. The first kappa shape index (κ1) is 28.5. The van der Waals surface area contributed by atoms with E-state index in [0.29, 0.717) is 51.5 Å². The minimum atomic E-state index is -0.417. The molecule has 0 aliphatic rings. The van der Waals surface area contributed by atoms with Crippen LogP contribution in [0.2, 0.25) is 0 Å². The monoisotopic (exact) mass is 703 g/mol. The number of benzene rings is 3. The Kier molecular flexibility index (Phi) is 8.79. The minimum Gasteiger partial charge on any atom is -0.490 e. The maximum absolute atomic E-state index is 13.5. The van der Waals surface area contributed by atoms with Gasteiger partial charge in [-0.2, -0.15) is 9.78 Å². The summed E-state index contributed by atoms with van der Waals surface area (Å²) in [5.41, 5.74) is 2.93. The number of rotatable bonds is 7. The highest BCUT2D eigenvalue weighted by atomic mass is 79.9. The van der Waals surface area contributed by atoms with Crippen molar-refractivity contribution in [1.29, 1.82) is 0 Å². The van der Waals surface area contributed by atoms with E-state index in [1.54, 1.807) is 12.3 Å². The summed E-state index contributed by atoms with van der Waals surface area (Å²) in [6.45, 7) is 10.8. The quantitative estimate of drug-likeness (QED) is 0.182. The highest BCUT2D eigenvalue weighted by molar-refractivity contribution is 9.13. The molecular formula is C29H28Br3N3O3. The van der Waals surface area contributed by atoms with Gasteiger partial charge in [-0.05, 0) is 75.5 Å². The molecule has 6 nitrogen and oxygen atoms in total. The van der Waals surface area contributed by atoms with Crippen molar-refractivity contribution < 1.29 is 9.47 Å². The van der Waals surface area contributed by atoms with Crippen LogP contribution in [0.4, 0.5) is 0 Å². The molecule has 0 aliphatic heterocycles. The van der Waals surface area contributed by atoms with Crippen LogP contribution >= 0.6 is 47.8 Å². The lowest BCUT2D eigenvalue weighted by Gasteiger charge is -2.21. The summed E-state index contributed by atoms with van der Waals surface area (Å²) in [5, 5.41) is 5.10. The molecular weight excluding hydrogens is 678 g/mol. The van der Waals surface area contributed by atoms with E-state index in [1.807, 2.05) is 58.0 Å². The second-order valence-corrected chi connectivity index (χ2v) is 12.3. The van der Waals surface area contributed by atoms with E-state index in [-0.39, 0.29) is 5.56 Å². The molecule has 198 valence electrons. The van der Waals surface area contributed by atoms with Gasteiger partial charge in [0, 0.05) is 19.9 Å². The Labute approximate surface area is 247 Å². The van der Waals surface area contributed by atoms with E-state index in [1.165, 1.54) is 10.2 Å². The Hall–Kier alpha value is -2.49. The van der Waals surface area contributed by atoms with Crippen LogP contribution in [-0.4, -0.2) is 22.5 Å². The molecule has 3 aromatic carbocycles. The Morgan fingerprint density at radius 2 is 1.71 bits per heavy atom. The summed E-state index contributed by atoms with van der Waals surface area (Å²) < 4.78 is 15.7. The first-order valence-corrected chi connectivity index (χ1v) is 14.5. The van der Waals surface area contributed by atoms with Gasteiger partial charge in [0.15, 0.2) is 11.5 Å². The maximum atomic E-state index is 13.5. The van der Waals surface area contributed by atoms with Gasteiger partial charge in [0.2, 0.25) is 0 Å². The first-order chi connectivity index (χ1) is 18.0. The lowest BCUT2D eigenvalue weighted by atomic mass is 9.95. The number of hydrogen-bond acceptors (Lipinski definition) is 5. The van der Waals surface area contributed by atoms with Gasteiger partial charge in [-0.3, -0.25) is 4.79 Å². The molecule has 0 saturated heterocycles. The lowest BCUT2D eigenvalue weighted by molar-refractivity contribution is 0.267. The first-order valence-electron chi connectivity index (χ1n) is 12.1. The second kappa shape index (κ2) is 11.7. The lowest BCUT2D eigenvalue weighted by Crippen LogP contribution is -2.29. The fourth-order valence-corrected chi connectivity index (χ4v) is 5.09. The molecule has 0 N–H and O–H groups in total. The van der Waals surface area contributed by atoms with Crippen molar-refractivity contribution in [2.75, 3.05) is 6.61 Å². The van der Waals surface area contributed by atoms with Crippen LogP contribution in [0, 0.1) is 6.92 Å². The topological polar surface area (TPSA) is 65.7 Å². The van der Waals surface area contributed by atoms with E-state index >= 15 is 0 Å². The van der Waals surface area contributed by atoms with Crippen LogP contribution in [-0.2, 0) is 12.0 Å². The van der Waals surface area contributed by atoms with Crippen LogP contribution in [0.5, 0.6) is 11.5 Å². The summed E-state index contributed by atoms with van der Waals surface area (Å²) in [6.07, 6.45) is 1.63. The number of aromatic nitrogens is 2. The minimum absolute atomic E-state index is 0.240. The molecule has 0 aliphatic carbocycles. The molecule has 0 radical (unpaired) electrons. The normalized spacial score (nSPS) is 11.9. The van der Waals surface area contributed by atoms with Gasteiger partial charge in [-0.1, -0.05) is 66.5 Å². The standard InChI is InChI=1S/C29H28Br3N3O3/c1-6-37-23-13-19(24(31)25(32)26(23)38-16-18-9-7-17(2)8-10-18)15-33-35-27(36)21-14-20(30)11-12-22(21)34-28(35)29(3,4)5/h7-15H,6,16H2,1-5H3. The number of aryl methyl sites for hydroxylation is 1. The van der Waals surface area contributed by atoms with Crippen LogP contribution in [0.1, 0.15) is 50.2 Å². The zero-order chi connectivity index (χ0) is 27.6. The summed E-state index contributed by atoms with van der Waals surface area (Å²) in [6, 6.07) is 15.5. The molecule has 0 atom stereocenters. The van der Waals surface area contributed by atoms with Crippen molar-refractivity contribution in [3.05, 3.63) is 94.8 Å². The predicted molar refractivity (Wildman–Crippen MR) is 164 cm³/mol. The Morgan fingerprint density at radius 3 is 2.37 bits per heavy atom. The second-order valence-electron chi connectivity index (χ2n) is 9.84. The molecule has 1 aromatic heterocycles. The molecule has 0 amide bonds. The van der Waals surface area contributed by atoms with Crippen molar-refractivity contribution >= 4 is 64.9 Å². The van der Waals surface area contributed by atoms with Crippen LogP contribution in [0.15, 0.2) is 71.8 Å². The average molecular weight is 706 g/mol. The van der Waals surface area contributed by atoms with Crippen molar-refractivity contribution in [2.45, 2.75) is 46.6 Å². The molecule has 4 rings (SSSR count). The molecule has 0 spiro atoms. The largest absolute Gasteiger partial charge is 0.490 e. The Bertz CT molecular complexity index is 1570. The smallest absolute Gasteiger partial charge is 0.282 e. The summed E-state index contributed by atoms with van der Waals surface area (Å²) in [7, 11) is 0. The number of hydrogen-bond donors (Lipinski definition) is 0. The molecule has 38 heavy (non-hydrogen) atoms. The fourth-order valence-electron chi connectivity index (χ4n) is 3.80. The number of ether oxygens (including phenoxy) is 2. The highest BCUT2D eigenvalue weighted by Gasteiger charge is 2.23. The average Bonchev–Trinajstić information content (AvgIpc) is 2.86. The molecule has 0 bridgehead atoms. The number of fused-ring (bicyclic) bond motifs is 1. The van der Waals surface area contributed by atoms with Gasteiger partial charge in [-0.15, -0.1) is 0 Å². The van der Waals surface area contributed by atoms with Gasteiger partial charge < -0.3 is 9.47 Å². The summed E-state index contributed by atoms with van der Waals surface area (Å²) in [5.74, 6) is 1.72. The van der Waals surface area contributed by atoms with Gasteiger partial charge in [-0.25, -0.2) is 4.98 Å². The predicted octanol–water partition coefficient (Wildman–Crippen LogP) is 8.15. The van der Waals surface area contributed by atoms with E-state index in [4.69, 9.17) is 14.5 Å². The fraction of sp³-hybridized carbons (Fsp3) is 0.276. The van der Waals surface area contributed by atoms with Crippen molar-refractivity contribution in [1.82, 2.24) is 9.66 Å². The van der Waals surface area contributed by atoms with Crippen LogP contribution in [0.25, 0.3) is 10.9 Å². The molecule has 4 aromatic rings. The van der Waals surface area contributed by atoms with Crippen LogP contribution in [0.3, 0.4) is 0 Å². The molecule has 0 unspecified atom stereocenters. The third-order valence-corrected chi connectivity index (χ3v) is 8.39. The van der Waals surface area contributed by atoms with Gasteiger partial charge in [0.1, 0.15) is 12.4 Å². The van der Waals surface area contributed by atoms with Crippen molar-refractivity contribution in [3.63, 3.8) is 0 Å². The summed E-state index contributed by atoms with van der Waals surface area (Å²) in [4.78, 5) is 18.3. The Morgan fingerprint density at radius 1 is 1.00 bits per heavy atom. The van der Waals surface area contributed by atoms with E-state index in [0.717, 1.165) is 14.5 Å². The van der Waals surface area contributed by atoms with E-state index < -0.39 is 5.41 Å². The molecule has 1 heterocycles.